The molecule has 0 saturated heterocycles. The molecule has 0 saturated carbocycles. The Hall–Kier alpha value is -0.350. The van der Waals surface area contributed by atoms with Crippen LogP contribution in [0.25, 0.3) is 0 Å². The zero-order valence-corrected chi connectivity index (χ0v) is 22.3. The van der Waals surface area contributed by atoms with Gasteiger partial charge in [-0.3, -0.25) is 4.55 Å². The van der Waals surface area contributed by atoms with Crippen LogP contribution in [0.2, 0.25) is 0 Å². The molecule has 3 nitrogen and oxygen atoms in total. The van der Waals surface area contributed by atoms with Crippen molar-refractivity contribution in [3.63, 3.8) is 0 Å². The summed E-state index contributed by atoms with van der Waals surface area (Å²) in [6.45, 7) is 2.29. The van der Waals surface area contributed by atoms with Gasteiger partial charge in [0.1, 0.15) is 0 Å². The Labute approximate surface area is 202 Å². The Morgan fingerprint density at radius 1 is 0.469 bits per heavy atom. The van der Waals surface area contributed by atoms with Crippen molar-refractivity contribution in [2.24, 2.45) is 0 Å². The molecule has 0 aliphatic heterocycles. The van der Waals surface area contributed by atoms with E-state index in [2.05, 4.69) is 6.92 Å². The molecule has 0 unspecified atom stereocenters. The first kappa shape index (κ1) is 31.6. The van der Waals surface area contributed by atoms with Gasteiger partial charge in [-0.05, 0) is 12.8 Å². The maximum atomic E-state index is 10.5. The molecule has 0 aromatic carbocycles. The summed E-state index contributed by atoms with van der Waals surface area (Å²) in [5.74, 6) is 0. The second-order valence-corrected chi connectivity index (χ2v) is 11.1. The number of allylic oxidation sites excluding steroid dienone is 1. The van der Waals surface area contributed by atoms with E-state index in [0.717, 1.165) is 24.7 Å². The molecule has 0 amide bonds. The number of hydrogen-bond acceptors (Lipinski definition) is 2. The first-order valence-corrected chi connectivity index (χ1v) is 15.7. The van der Waals surface area contributed by atoms with Gasteiger partial charge >= 0.3 is 0 Å². The van der Waals surface area contributed by atoms with Crippen molar-refractivity contribution in [1.29, 1.82) is 0 Å². The molecule has 0 aromatic heterocycles. The molecule has 0 fully saturated rings. The smallest absolute Gasteiger partial charge is 0.282 e. The molecule has 4 heteroatoms. The van der Waals surface area contributed by atoms with Gasteiger partial charge in [0, 0.05) is 0 Å². The van der Waals surface area contributed by atoms with Gasteiger partial charge in [0.2, 0.25) is 0 Å². The molecule has 0 aliphatic carbocycles. The van der Waals surface area contributed by atoms with Gasteiger partial charge in [-0.25, -0.2) is 0 Å². The van der Waals surface area contributed by atoms with E-state index in [1.54, 1.807) is 6.08 Å². The van der Waals surface area contributed by atoms with Gasteiger partial charge in [-0.15, -0.1) is 0 Å². The van der Waals surface area contributed by atoms with Crippen LogP contribution in [0.3, 0.4) is 0 Å². The molecule has 192 valence electrons. The van der Waals surface area contributed by atoms with Crippen LogP contribution in [0.15, 0.2) is 11.5 Å². The average molecular weight is 473 g/mol. The van der Waals surface area contributed by atoms with Gasteiger partial charge in [0.15, 0.2) is 0 Å². The van der Waals surface area contributed by atoms with Crippen molar-refractivity contribution < 1.29 is 13.0 Å². The lowest BCUT2D eigenvalue weighted by molar-refractivity contribution is 0.494. The zero-order valence-electron chi connectivity index (χ0n) is 21.5. The molecule has 32 heavy (non-hydrogen) atoms. The molecule has 0 spiro atoms. The third kappa shape index (κ3) is 29.7. The summed E-state index contributed by atoms with van der Waals surface area (Å²) < 4.78 is 29.7. The molecule has 0 aliphatic rings. The van der Waals surface area contributed by atoms with E-state index in [9.17, 15) is 8.42 Å². The maximum Gasteiger partial charge on any atom is 0.287 e. The van der Waals surface area contributed by atoms with E-state index in [-0.39, 0.29) is 0 Å². The van der Waals surface area contributed by atoms with Gasteiger partial charge in [-0.1, -0.05) is 161 Å². The monoisotopic (exact) mass is 472 g/mol. The fourth-order valence-electron chi connectivity index (χ4n) is 4.41. The summed E-state index contributed by atoms with van der Waals surface area (Å²) in [4.78, 5) is 0. The third-order valence-electron chi connectivity index (χ3n) is 6.49. The van der Waals surface area contributed by atoms with Crippen molar-refractivity contribution in [2.75, 3.05) is 0 Å². The molecule has 0 bridgehead atoms. The molecule has 0 radical (unpaired) electrons. The zero-order chi connectivity index (χ0) is 23.6. The van der Waals surface area contributed by atoms with Crippen LogP contribution in [0.1, 0.15) is 167 Å². The van der Waals surface area contributed by atoms with Gasteiger partial charge < -0.3 is 0 Å². The Balaban J connectivity index is 3.07. The predicted molar refractivity (Wildman–Crippen MR) is 142 cm³/mol. The maximum absolute atomic E-state index is 10.5. The summed E-state index contributed by atoms with van der Waals surface area (Å²) in [6, 6.07) is 0. The highest BCUT2D eigenvalue weighted by atomic mass is 32.2. The predicted octanol–water partition coefficient (Wildman–Crippen LogP) is 10.2. The van der Waals surface area contributed by atoms with Gasteiger partial charge in [0.25, 0.3) is 10.1 Å². The minimum absolute atomic E-state index is 0.735. The van der Waals surface area contributed by atoms with E-state index >= 15 is 0 Å². The molecule has 0 atom stereocenters. The summed E-state index contributed by atoms with van der Waals surface area (Å²) in [5, 5.41) is 0.895. The van der Waals surface area contributed by atoms with Gasteiger partial charge in [-0.2, -0.15) is 8.42 Å². The van der Waals surface area contributed by atoms with E-state index in [1.807, 2.05) is 0 Å². The number of hydrogen-bond donors (Lipinski definition) is 1. The lowest BCUT2D eigenvalue weighted by atomic mass is 10.0. The van der Waals surface area contributed by atoms with Crippen molar-refractivity contribution in [3.05, 3.63) is 11.5 Å². The van der Waals surface area contributed by atoms with E-state index in [4.69, 9.17) is 4.55 Å². The minimum Gasteiger partial charge on any atom is -0.282 e. The lowest BCUT2D eigenvalue weighted by Gasteiger charge is -2.04. The van der Waals surface area contributed by atoms with E-state index in [1.165, 1.54) is 141 Å². The van der Waals surface area contributed by atoms with Crippen LogP contribution in [-0.2, 0) is 10.1 Å². The largest absolute Gasteiger partial charge is 0.287 e. The Morgan fingerprint density at radius 2 is 0.719 bits per heavy atom. The third-order valence-corrected chi connectivity index (χ3v) is 7.03. The second-order valence-electron chi connectivity index (χ2n) is 9.81. The molecule has 0 rings (SSSR count). The van der Waals surface area contributed by atoms with Crippen molar-refractivity contribution >= 4 is 10.1 Å². The normalized spacial score (nSPS) is 12.2. The van der Waals surface area contributed by atoms with Crippen LogP contribution in [0.4, 0.5) is 0 Å². The summed E-state index contributed by atoms with van der Waals surface area (Å²) in [5.41, 5.74) is 0. The molecule has 0 heterocycles. The minimum atomic E-state index is -3.93. The number of unbranched alkanes of at least 4 members (excludes halogenated alkanes) is 24. The summed E-state index contributed by atoms with van der Waals surface area (Å²) in [6.07, 6.45) is 35.5. The first-order valence-electron chi connectivity index (χ1n) is 14.2. The molecular weight excluding hydrogens is 416 g/mol. The number of rotatable bonds is 26. The lowest BCUT2D eigenvalue weighted by Crippen LogP contribution is -1.89. The SMILES string of the molecule is CCCCCCCCCCCCCCCCCCCCCCCCCCC=CS(=O)(=O)O. The average Bonchev–Trinajstić information content (AvgIpc) is 2.75. The van der Waals surface area contributed by atoms with Crippen LogP contribution in [-0.4, -0.2) is 13.0 Å². The van der Waals surface area contributed by atoms with Crippen molar-refractivity contribution in [2.45, 2.75) is 167 Å². The van der Waals surface area contributed by atoms with Crippen molar-refractivity contribution in [3.8, 4) is 0 Å². The Bertz CT molecular complexity index is 485. The standard InChI is InChI=1S/C28H56O3S/c1-2-3-4-5-6-7-8-9-10-11-12-13-14-15-16-17-18-19-20-21-22-23-24-25-26-27-28-32(29,30)31/h27-28H,2-26H2,1H3,(H,29,30,31). The fourth-order valence-corrected chi connectivity index (χ4v) is 4.79. The Morgan fingerprint density at radius 3 is 0.969 bits per heavy atom. The second kappa shape index (κ2) is 25.3. The van der Waals surface area contributed by atoms with Crippen LogP contribution >= 0.6 is 0 Å². The Kier molecular flexibility index (Phi) is 25.0. The fraction of sp³-hybridized carbons (Fsp3) is 0.929. The highest BCUT2D eigenvalue weighted by Gasteiger charge is 1.97. The molecular formula is C28H56O3S. The highest BCUT2D eigenvalue weighted by molar-refractivity contribution is 7.88. The van der Waals surface area contributed by atoms with Crippen LogP contribution < -0.4 is 0 Å². The molecule has 1 N–H and O–H groups in total. The summed E-state index contributed by atoms with van der Waals surface area (Å²) >= 11 is 0. The first-order chi connectivity index (χ1) is 15.6. The summed E-state index contributed by atoms with van der Waals surface area (Å²) in [7, 11) is -3.93. The van der Waals surface area contributed by atoms with E-state index < -0.39 is 10.1 Å². The van der Waals surface area contributed by atoms with Crippen molar-refractivity contribution in [1.82, 2.24) is 0 Å². The molecule has 0 aromatic rings. The van der Waals surface area contributed by atoms with E-state index in [0.29, 0.717) is 0 Å². The van der Waals surface area contributed by atoms with Crippen LogP contribution in [0, 0.1) is 0 Å². The highest BCUT2D eigenvalue weighted by Crippen LogP contribution is 2.15. The van der Waals surface area contributed by atoms with Crippen LogP contribution in [0.5, 0.6) is 0 Å². The van der Waals surface area contributed by atoms with Gasteiger partial charge in [0.05, 0.1) is 5.41 Å². The quantitative estimate of drug-likeness (QED) is 0.101. The topological polar surface area (TPSA) is 54.4 Å².